The minimum absolute atomic E-state index is 0.0724. The number of hydrogen-bond donors (Lipinski definition) is 0. The summed E-state index contributed by atoms with van der Waals surface area (Å²) in [5.41, 5.74) is 9.63. The van der Waals surface area contributed by atoms with Crippen molar-refractivity contribution < 1.29 is 8.83 Å². The van der Waals surface area contributed by atoms with Crippen molar-refractivity contribution in [3.63, 3.8) is 0 Å². The van der Waals surface area contributed by atoms with Gasteiger partial charge in [-0.15, -0.1) is 0 Å². The van der Waals surface area contributed by atoms with Gasteiger partial charge in [-0.05, 0) is 98.2 Å². The van der Waals surface area contributed by atoms with E-state index in [-0.39, 0.29) is 10.8 Å². The van der Waals surface area contributed by atoms with Crippen LogP contribution in [0.3, 0.4) is 0 Å². The lowest BCUT2D eigenvalue weighted by atomic mass is 9.83. The highest BCUT2D eigenvalue weighted by Crippen LogP contribution is 2.37. The first-order valence-electron chi connectivity index (χ1n) is 17.3. The first-order valence-corrected chi connectivity index (χ1v) is 17.3. The van der Waals surface area contributed by atoms with E-state index in [9.17, 15) is 0 Å². The zero-order chi connectivity index (χ0) is 34.3. The standard InChI is InChI=1S/C43H44N4O2/c1-41(2,3)25-29-23-39(44-46(29)27-17-19-37-33(21-27)31-13-9-11-15-35(31)48-37)43(7,8)40-24-30(26-42(4,5)6)47(45-40)28-18-20-38-34(22-28)32-14-10-12-16-36(32)49-38/h9-24H,25-26H2,1-8H3. The van der Waals surface area contributed by atoms with E-state index in [1.54, 1.807) is 0 Å². The summed E-state index contributed by atoms with van der Waals surface area (Å²) in [5.74, 6) is 0. The largest absolute Gasteiger partial charge is 0.456 e. The van der Waals surface area contributed by atoms with E-state index in [0.29, 0.717) is 0 Å². The number of nitrogens with zero attached hydrogens (tertiary/aromatic N) is 4. The molecule has 49 heavy (non-hydrogen) atoms. The van der Waals surface area contributed by atoms with Gasteiger partial charge in [0, 0.05) is 32.9 Å². The van der Waals surface area contributed by atoms with Crippen LogP contribution >= 0.6 is 0 Å². The molecule has 0 saturated heterocycles. The van der Waals surface area contributed by atoms with E-state index in [4.69, 9.17) is 19.0 Å². The number of hydrogen-bond acceptors (Lipinski definition) is 4. The molecule has 0 aliphatic carbocycles. The summed E-state index contributed by atoms with van der Waals surface area (Å²) in [5, 5.41) is 15.1. The van der Waals surface area contributed by atoms with Crippen molar-refractivity contribution in [3.05, 3.63) is 120 Å². The number of para-hydroxylation sites is 2. The minimum atomic E-state index is -0.464. The average molecular weight is 649 g/mol. The van der Waals surface area contributed by atoms with Gasteiger partial charge in [0.2, 0.25) is 0 Å². The summed E-state index contributed by atoms with van der Waals surface area (Å²) in [4.78, 5) is 0. The second kappa shape index (κ2) is 11.0. The van der Waals surface area contributed by atoms with Crippen molar-refractivity contribution in [3.8, 4) is 11.4 Å². The van der Waals surface area contributed by atoms with Gasteiger partial charge in [0.15, 0.2) is 0 Å². The highest BCUT2D eigenvalue weighted by Gasteiger charge is 2.33. The van der Waals surface area contributed by atoms with Gasteiger partial charge in [0.25, 0.3) is 0 Å². The van der Waals surface area contributed by atoms with Crippen LogP contribution < -0.4 is 0 Å². The number of aromatic nitrogens is 4. The maximum Gasteiger partial charge on any atom is 0.135 e. The van der Waals surface area contributed by atoms with Crippen LogP contribution in [0.15, 0.2) is 106 Å². The Balaban J connectivity index is 1.25. The third kappa shape index (κ3) is 5.63. The number of benzene rings is 4. The number of fused-ring (bicyclic) bond motifs is 6. The van der Waals surface area contributed by atoms with Gasteiger partial charge in [-0.3, -0.25) is 0 Å². The minimum Gasteiger partial charge on any atom is -0.456 e. The molecule has 8 aromatic rings. The molecular formula is C43H44N4O2. The Labute approximate surface area is 287 Å². The second-order valence-corrected chi connectivity index (χ2v) is 16.5. The normalized spacial score (nSPS) is 13.1. The third-order valence-corrected chi connectivity index (χ3v) is 9.48. The molecule has 0 fully saturated rings. The van der Waals surface area contributed by atoms with Crippen LogP contribution in [0.4, 0.5) is 0 Å². The van der Waals surface area contributed by atoms with Crippen molar-refractivity contribution in [1.29, 1.82) is 0 Å². The Morgan fingerprint density at radius 1 is 0.469 bits per heavy atom. The van der Waals surface area contributed by atoms with Gasteiger partial charge in [0.1, 0.15) is 22.3 Å². The molecule has 0 spiro atoms. The first kappa shape index (κ1) is 31.2. The molecule has 0 bridgehead atoms. The molecule has 6 nitrogen and oxygen atoms in total. The van der Waals surface area contributed by atoms with Crippen molar-refractivity contribution in [2.24, 2.45) is 10.8 Å². The Morgan fingerprint density at radius 2 is 0.857 bits per heavy atom. The molecular weight excluding hydrogens is 604 g/mol. The fourth-order valence-electron chi connectivity index (χ4n) is 7.06. The van der Waals surface area contributed by atoms with Crippen molar-refractivity contribution >= 4 is 43.9 Å². The number of furan rings is 2. The molecule has 0 amide bonds. The lowest BCUT2D eigenvalue weighted by Crippen LogP contribution is -2.21. The lowest BCUT2D eigenvalue weighted by molar-refractivity contribution is 0.401. The van der Waals surface area contributed by atoms with Crippen LogP contribution in [0.1, 0.15) is 78.2 Å². The molecule has 248 valence electrons. The summed E-state index contributed by atoms with van der Waals surface area (Å²) in [6, 6.07) is 33.8. The van der Waals surface area contributed by atoms with Gasteiger partial charge in [-0.2, -0.15) is 10.2 Å². The molecule has 0 saturated carbocycles. The quantitative estimate of drug-likeness (QED) is 0.180. The molecule has 4 aromatic carbocycles. The molecule has 0 aliphatic rings. The van der Waals surface area contributed by atoms with E-state index in [1.165, 1.54) is 11.4 Å². The van der Waals surface area contributed by atoms with E-state index in [2.05, 4.69) is 138 Å². The van der Waals surface area contributed by atoms with Crippen LogP contribution in [0.25, 0.3) is 55.3 Å². The summed E-state index contributed by atoms with van der Waals surface area (Å²) >= 11 is 0. The third-order valence-electron chi connectivity index (χ3n) is 9.48. The average Bonchev–Trinajstić information content (AvgIpc) is 3.82. The number of rotatable bonds is 6. The molecule has 8 rings (SSSR count). The predicted octanol–water partition coefficient (Wildman–Crippen LogP) is 11.4. The molecule has 0 N–H and O–H groups in total. The maximum absolute atomic E-state index is 6.15. The monoisotopic (exact) mass is 648 g/mol. The SMILES string of the molecule is CC(C)(C)Cc1cc(C(C)(C)c2cc(CC(C)(C)C)n(-c3ccc4oc5ccccc5c4c3)n2)nn1-c1ccc2oc3ccccc3c2c1. The van der Waals surface area contributed by atoms with Crippen molar-refractivity contribution in [1.82, 2.24) is 19.6 Å². The summed E-state index contributed by atoms with van der Waals surface area (Å²) < 4.78 is 16.6. The maximum atomic E-state index is 6.15. The van der Waals surface area contributed by atoms with E-state index in [0.717, 1.165) is 79.5 Å². The van der Waals surface area contributed by atoms with Crippen LogP contribution in [-0.2, 0) is 18.3 Å². The van der Waals surface area contributed by atoms with Crippen LogP contribution in [0, 0.1) is 10.8 Å². The van der Waals surface area contributed by atoms with E-state index >= 15 is 0 Å². The highest BCUT2D eigenvalue weighted by atomic mass is 16.3. The van der Waals surface area contributed by atoms with Crippen LogP contribution in [-0.4, -0.2) is 19.6 Å². The molecule has 0 aliphatic heterocycles. The van der Waals surface area contributed by atoms with Gasteiger partial charge in [-0.1, -0.05) is 77.9 Å². The van der Waals surface area contributed by atoms with Crippen molar-refractivity contribution in [2.75, 3.05) is 0 Å². The smallest absolute Gasteiger partial charge is 0.135 e. The topological polar surface area (TPSA) is 61.9 Å². The zero-order valence-electron chi connectivity index (χ0n) is 29.8. The van der Waals surface area contributed by atoms with E-state index in [1.807, 2.05) is 24.3 Å². The summed E-state index contributed by atoms with van der Waals surface area (Å²) in [6.07, 6.45) is 1.76. The van der Waals surface area contributed by atoms with Crippen molar-refractivity contribution in [2.45, 2.75) is 73.6 Å². The molecule has 0 unspecified atom stereocenters. The molecule has 6 heteroatoms. The summed E-state index contributed by atoms with van der Waals surface area (Å²) in [7, 11) is 0. The Hall–Kier alpha value is -5.10. The predicted molar refractivity (Wildman–Crippen MR) is 200 cm³/mol. The molecule has 0 radical (unpaired) electrons. The van der Waals surface area contributed by atoms with Crippen LogP contribution in [0.2, 0.25) is 0 Å². The second-order valence-electron chi connectivity index (χ2n) is 16.5. The Bertz CT molecular complexity index is 2330. The fourth-order valence-corrected chi connectivity index (χ4v) is 7.06. The fraction of sp³-hybridized carbons (Fsp3) is 0.302. The van der Waals surface area contributed by atoms with Crippen LogP contribution in [0.5, 0.6) is 0 Å². The van der Waals surface area contributed by atoms with Gasteiger partial charge in [-0.25, -0.2) is 9.36 Å². The lowest BCUT2D eigenvalue weighted by Gasteiger charge is -2.20. The van der Waals surface area contributed by atoms with Gasteiger partial charge in [0.05, 0.1) is 28.2 Å². The molecule has 4 aromatic heterocycles. The van der Waals surface area contributed by atoms with E-state index < -0.39 is 5.41 Å². The highest BCUT2D eigenvalue weighted by molar-refractivity contribution is 6.06. The first-order chi connectivity index (χ1) is 23.2. The zero-order valence-corrected chi connectivity index (χ0v) is 29.8. The Kier molecular flexibility index (Phi) is 6.97. The molecule has 0 atom stereocenters. The van der Waals surface area contributed by atoms with Gasteiger partial charge >= 0.3 is 0 Å². The Morgan fingerprint density at radius 3 is 1.27 bits per heavy atom. The summed E-state index contributed by atoms with van der Waals surface area (Å²) in [6.45, 7) is 18.2. The molecule has 4 heterocycles. The van der Waals surface area contributed by atoms with Gasteiger partial charge < -0.3 is 8.83 Å².